The molecule has 0 amide bonds. The molecule has 0 aliphatic rings. The van der Waals surface area contributed by atoms with Gasteiger partial charge in [-0.05, 0) is 41.5 Å². The first-order valence-electron chi connectivity index (χ1n) is 5.03. The maximum Gasteiger partial charge on any atom is 0.0900 e. The summed E-state index contributed by atoms with van der Waals surface area (Å²) >= 11 is 3.65. The van der Waals surface area contributed by atoms with Crippen LogP contribution >= 0.6 is 15.9 Å². The van der Waals surface area contributed by atoms with E-state index in [2.05, 4.69) is 58.0 Å². The number of fused-ring (bicyclic) bond motifs is 1. The highest BCUT2D eigenvalue weighted by Crippen LogP contribution is 2.31. The lowest BCUT2D eigenvalue weighted by Gasteiger charge is -2.01. The SMILES string of the molecule is CNCc1c(Br)n(C)c2cccc(C)c12. The maximum atomic E-state index is 3.65. The molecular weight excluding hydrogens is 252 g/mol. The first kappa shape index (κ1) is 10.7. The van der Waals surface area contributed by atoms with Gasteiger partial charge in [-0.25, -0.2) is 0 Å². The highest BCUT2D eigenvalue weighted by molar-refractivity contribution is 9.10. The molecule has 1 heterocycles. The number of rotatable bonds is 2. The Bertz CT molecular complexity index is 500. The first-order valence-corrected chi connectivity index (χ1v) is 5.83. The Morgan fingerprint density at radius 2 is 2.13 bits per heavy atom. The fourth-order valence-electron chi connectivity index (χ4n) is 2.07. The van der Waals surface area contributed by atoms with Gasteiger partial charge in [-0.15, -0.1) is 0 Å². The van der Waals surface area contributed by atoms with Crippen molar-refractivity contribution in [1.29, 1.82) is 0 Å². The van der Waals surface area contributed by atoms with Gasteiger partial charge in [0, 0.05) is 30.1 Å². The zero-order valence-corrected chi connectivity index (χ0v) is 10.9. The summed E-state index contributed by atoms with van der Waals surface area (Å²) in [6.45, 7) is 3.05. The van der Waals surface area contributed by atoms with Gasteiger partial charge in [0.15, 0.2) is 0 Å². The second kappa shape index (κ2) is 3.99. The van der Waals surface area contributed by atoms with Gasteiger partial charge in [0.1, 0.15) is 0 Å². The number of halogens is 1. The lowest BCUT2D eigenvalue weighted by Crippen LogP contribution is -2.05. The topological polar surface area (TPSA) is 17.0 Å². The Kier molecular flexibility index (Phi) is 2.85. The average molecular weight is 267 g/mol. The lowest BCUT2D eigenvalue weighted by molar-refractivity contribution is 0.807. The third-order valence-electron chi connectivity index (χ3n) is 2.81. The third-order valence-corrected chi connectivity index (χ3v) is 3.82. The predicted molar refractivity (Wildman–Crippen MR) is 68.1 cm³/mol. The molecular formula is C12H15BrN2. The van der Waals surface area contributed by atoms with E-state index in [1.807, 2.05) is 7.05 Å². The van der Waals surface area contributed by atoms with Crippen LogP contribution in [0.15, 0.2) is 22.8 Å². The van der Waals surface area contributed by atoms with Crippen LogP contribution in [0.1, 0.15) is 11.1 Å². The first-order chi connectivity index (χ1) is 7.16. The second-order valence-corrected chi connectivity index (χ2v) is 4.58. The van der Waals surface area contributed by atoms with Gasteiger partial charge in [0.2, 0.25) is 0 Å². The van der Waals surface area contributed by atoms with Crippen molar-refractivity contribution in [3.05, 3.63) is 33.9 Å². The number of hydrogen-bond donors (Lipinski definition) is 1. The van der Waals surface area contributed by atoms with Crippen molar-refractivity contribution in [3.8, 4) is 0 Å². The molecule has 2 rings (SSSR count). The number of hydrogen-bond acceptors (Lipinski definition) is 1. The van der Waals surface area contributed by atoms with E-state index in [1.54, 1.807) is 0 Å². The summed E-state index contributed by atoms with van der Waals surface area (Å²) < 4.78 is 3.36. The molecule has 0 radical (unpaired) electrons. The number of nitrogens with one attached hydrogen (secondary N) is 1. The van der Waals surface area contributed by atoms with Crippen LogP contribution < -0.4 is 5.32 Å². The largest absolute Gasteiger partial charge is 0.338 e. The average Bonchev–Trinajstić information content (AvgIpc) is 2.46. The van der Waals surface area contributed by atoms with Crippen molar-refractivity contribution in [3.63, 3.8) is 0 Å². The van der Waals surface area contributed by atoms with Crippen LogP contribution in [0.5, 0.6) is 0 Å². The van der Waals surface area contributed by atoms with Gasteiger partial charge in [-0.1, -0.05) is 12.1 Å². The Morgan fingerprint density at radius 3 is 2.80 bits per heavy atom. The van der Waals surface area contributed by atoms with Crippen molar-refractivity contribution in [1.82, 2.24) is 9.88 Å². The minimum atomic E-state index is 0.892. The normalized spacial score (nSPS) is 11.2. The molecule has 1 N–H and O–H groups in total. The van der Waals surface area contributed by atoms with E-state index in [0.29, 0.717) is 0 Å². The van der Waals surface area contributed by atoms with Crippen molar-refractivity contribution in [2.24, 2.45) is 7.05 Å². The molecule has 80 valence electrons. The van der Waals surface area contributed by atoms with E-state index in [4.69, 9.17) is 0 Å². The van der Waals surface area contributed by atoms with E-state index in [0.717, 1.165) is 6.54 Å². The molecule has 15 heavy (non-hydrogen) atoms. The molecule has 0 spiro atoms. The van der Waals surface area contributed by atoms with Crippen LogP contribution in [-0.2, 0) is 13.6 Å². The molecule has 1 aromatic carbocycles. The zero-order valence-electron chi connectivity index (χ0n) is 9.26. The van der Waals surface area contributed by atoms with E-state index in [9.17, 15) is 0 Å². The Morgan fingerprint density at radius 1 is 1.40 bits per heavy atom. The molecule has 1 aromatic heterocycles. The smallest absolute Gasteiger partial charge is 0.0900 e. The van der Waals surface area contributed by atoms with Crippen LogP contribution in [0, 0.1) is 6.92 Å². The summed E-state index contributed by atoms with van der Waals surface area (Å²) in [7, 11) is 4.06. The van der Waals surface area contributed by atoms with E-state index in [1.165, 1.54) is 26.6 Å². The molecule has 0 saturated heterocycles. The summed E-state index contributed by atoms with van der Waals surface area (Å²) in [5, 5.41) is 4.58. The molecule has 0 aliphatic carbocycles. The molecule has 0 atom stereocenters. The standard InChI is InChI=1S/C12H15BrN2/c1-8-5-4-6-10-11(8)9(7-14-2)12(13)15(10)3/h4-6,14H,7H2,1-3H3. The Labute approximate surface area is 98.4 Å². The van der Waals surface area contributed by atoms with Crippen molar-refractivity contribution >= 4 is 26.8 Å². The maximum absolute atomic E-state index is 3.65. The predicted octanol–water partition coefficient (Wildman–Crippen LogP) is 2.97. The summed E-state index contributed by atoms with van der Waals surface area (Å²) in [6, 6.07) is 6.42. The zero-order chi connectivity index (χ0) is 11.0. The van der Waals surface area contributed by atoms with Gasteiger partial charge in [0.05, 0.1) is 4.60 Å². The molecule has 2 nitrogen and oxygen atoms in total. The highest BCUT2D eigenvalue weighted by atomic mass is 79.9. The fraction of sp³-hybridized carbons (Fsp3) is 0.333. The van der Waals surface area contributed by atoms with Gasteiger partial charge < -0.3 is 9.88 Å². The summed E-state index contributed by atoms with van der Waals surface area (Å²) in [5.74, 6) is 0. The van der Waals surface area contributed by atoms with Crippen LogP contribution in [0.25, 0.3) is 10.9 Å². The lowest BCUT2D eigenvalue weighted by atomic mass is 10.1. The number of benzene rings is 1. The molecule has 0 aliphatic heterocycles. The van der Waals surface area contributed by atoms with Crippen molar-refractivity contribution in [2.45, 2.75) is 13.5 Å². The van der Waals surface area contributed by atoms with E-state index in [-0.39, 0.29) is 0 Å². The number of aromatic nitrogens is 1. The quantitative estimate of drug-likeness (QED) is 0.885. The van der Waals surface area contributed by atoms with Gasteiger partial charge in [-0.3, -0.25) is 0 Å². The molecule has 0 bridgehead atoms. The van der Waals surface area contributed by atoms with Crippen LogP contribution in [0.4, 0.5) is 0 Å². The number of aryl methyl sites for hydroxylation is 2. The molecule has 3 heteroatoms. The molecule has 0 fully saturated rings. The van der Waals surface area contributed by atoms with Gasteiger partial charge >= 0.3 is 0 Å². The summed E-state index contributed by atoms with van der Waals surface area (Å²) in [6.07, 6.45) is 0. The minimum Gasteiger partial charge on any atom is -0.338 e. The fourth-order valence-corrected chi connectivity index (χ4v) is 2.60. The van der Waals surface area contributed by atoms with Crippen LogP contribution in [0.3, 0.4) is 0 Å². The van der Waals surface area contributed by atoms with Crippen molar-refractivity contribution < 1.29 is 0 Å². The third kappa shape index (κ3) is 1.60. The second-order valence-electron chi connectivity index (χ2n) is 3.83. The minimum absolute atomic E-state index is 0.892. The molecule has 0 saturated carbocycles. The summed E-state index contributed by atoms with van der Waals surface area (Å²) in [5.41, 5.74) is 3.96. The monoisotopic (exact) mass is 266 g/mol. The molecule has 2 aromatic rings. The van der Waals surface area contributed by atoms with Gasteiger partial charge in [-0.2, -0.15) is 0 Å². The number of nitrogens with zero attached hydrogens (tertiary/aromatic N) is 1. The highest BCUT2D eigenvalue weighted by Gasteiger charge is 2.13. The van der Waals surface area contributed by atoms with Crippen molar-refractivity contribution in [2.75, 3.05) is 7.05 Å². The Hall–Kier alpha value is -0.800. The Balaban J connectivity index is 2.82. The van der Waals surface area contributed by atoms with Crippen LogP contribution in [-0.4, -0.2) is 11.6 Å². The van der Waals surface area contributed by atoms with Crippen LogP contribution in [0.2, 0.25) is 0 Å². The molecule has 0 unspecified atom stereocenters. The van der Waals surface area contributed by atoms with Gasteiger partial charge in [0.25, 0.3) is 0 Å². The van der Waals surface area contributed by atoms with E-state index < -0.39 is 0 Å². The van der Waals surface area contributed by atoms with E-state index >= 15 is 0 Å². The summed E-state index contributed by atoms with van der Waals surface area (Å²) in [4.78, 5) is 0.